The van der Waals surface area contributed by atoms with Gasteiger partial charge in [-0.05, 0) is 24.1 Å². The molecule has 1 aromatic rings. The van der Waals surface area contributed by atoms with Gasteiger partial charge >= 0.3 is 29.8 Å². The summed E-state index contributed by atoms with van der Waals surface area (Å²) in [4.78, 5) is 73.3. The average molecular weight is 792 g/mol. The van der Waals surface area contributed by atoms with Crippen LogP contribution in [0.2, 0.25) is 0 Å². The molecule has 1 amide bonds. The van der Waals surface area contributed by atoms with Gasteiger partial charge in [0.2, 0.25) is 18.3 Å². The molecule has 1 aliphatic heterocycles. The molecule has 14 heteroatoms. The fourth-order valence-corrected chi connectivity index (χ4v) is 6.62. The van der Waals surface area contributed by atoms with Crippen LogP contribution in [0.4, 0.5) is 0 Å². The van der Waals surface area contributed by atoms with Crippen LogP contribution in [-0.2, 0) is 63.6 Å². The van der Waals surface area contributed by atoms with E-state index in [4.69, 9.17) is 33.2 Å². The van der Waals surface area contributed by atoms with Crippen LogP contribution < -0.4 is 10.1 Å². The summed E-state index contributed by atoms with van der Waals surface area (Å²) in [6.07, 6.45) is 12.3. The zero-order valence-corrected chi connectivity index (χ0v) is 34.3. The van der Waals surface area contributed by atoms with Crippen LogP contribution in [0.3, 0.4) is 0 Å². The van der Waals surface area contributed by atoms with Gasteiger partial charge < -0.3 is 38.5 Å². The Bertz CT molecular complexity index is 1350. The second-order valence-electron chi connectivity index (χ2n) is 14.4. The Morgan fingerprint density at radius 3 is 1.61 bits per heavy atom. The van der Waals surface area contributed by atoms with Gasteiger partial charge in [0, 0.05) is 40.5 Å². The summed E-state index contributed by atoms with van der Waals surface area (Å²) >= 11 is 0. The lowest BCUT2D eigenvalue weighted by atomic mass is 9.98. The van der Waals surface area contributed by atoms with Gasteiger partial charge in [-0.1, -0.05) is 109 Å². The van der Waals surface area contributed by atoms with Crippen LogP contribution in [0.15, 0.2) is 24.3 Å². The number of nitrogens with one attached hydrogen (secondary N) is 1. The molecule has 1 saturated heterocycles. The minimum absolute atomic E-state index is 0.149. The van der Waals surface area contributed by atoms with Gasteiger partial charge in [-0.25, -0.2) is 4.79 Å². The first-order valence-electron chi connectivity index (χ1n) is 20.3. The molecule has 1 fully saturated rings. The van der Waals surface area contributed by atoms with E-state index in [-0.39, 0.29) is 18.1 Å². The Hall–Kier alpha value is -4.20. The van der Waals surface area contributed by atoms with Crippen molar-refractivity contribution in [3.05, 3.63) is 29.8 Å². The zero-order valence-electron chi connectivity index (χ0n) is 34.3. The molecule has 1 heterocycles. The van der Waals surface area contributed by atoms with Crippen molar-refractivity contribution in [2.24, 2.45) is 0 Å². The number of rotatable bonds is 27. The predicted molar refractivity (Wildman–Crippen MR) is 206 cm³/mol. The molecule has 1 aromatic carbocycles. The molecule has 0 aromatic heterocycles. The smallest absolute Gasteiger partial charge is 0.328 e. The first-order chi connectivity index (χ1) is 26.8. The van der Waals surface area contributed by atoms with E-state index in [0.717, 1.165) is 46.5 Å². The Morgan fingerprint density at radius 2 is 1.12 bits per heavy atom. The van der Waals surface area contributed by atoms with E-state index < -0.39 is 73.2 Å². The summed E-state index contributed by atoms with van der Waals surface area (Å²) in [7, 11) is 1.26. The average Bonchev–Trinajstić information content (AvgIpc) is 3.14. The first kappa shape index (κ1) is 48.0. The third-order valence-electron chi connectivity index (χ3n) is 9.39. The monoisotopic (exact) mass is 791 g/mol. The number of benzene rings is 1. The second-order valence-corrected chi connectivity index (χ2v) is 14.4. The molecule has 0 aliphatic carbocycles. The number of hydrogen-bond donors (Lipinski definition) is 1. The Kier molecular flexibility index (Phi) is 23.5. The number of ether oxygens (including phenoxy) is 7. The van der Waals surface area contributed by atoms with Crippen LogP contribution in [0.25, 0.3) is 0 Å². The summed E-state index contributed by atoms with van der Waals surface area (Å²) in [5, 5.41) is 2.81. The fraction of sp³-hybridized carbons (Fsp3) is 0.714. The number of carbonyl (C=O) groups is 6. The molecule has 56 heavy (non-hydrogen) atoms. The Balaban J connectivity index is 1.93. The molecular formula is C42H65NO13. The van der Waals surface area contributed by atoms with Crippen molar-refractivity contribution >= 4 is 35.8 Å². The molecule has 1 aliphatic rings. The van der Waals surface area contributed by atoms with E-state index in [1.807, 2.05) is 0 Å². The molecule has 0 radical (unpaired) electrons. The predicted octanol–water partition coefficient (Wildman–Crippen LogP) is 6.61. The van der Waals surface area contributed by atoms with Gasteiger partial charge in [0.1, 0.15) is 24.5 Å². The third-order valence-corrected chi connectivity index (χ3v) is 9.39. The lowest BCUT2D eigenvalue weighted by Gasteiger charge is -2.43. The van der Waals surface area contributed by atoms with Crippen LogP contribution in [0, 0.1) is 0 Å². The second kappa shape index (κ2) is 27.4. The summed E-state index contributed by atoms with van der Waals surface area (Å²) in [5.74, 6) is -3.46. The molecule has 14 nitrogen and oxygen atoms in total. The topological polar surface area (TPSA) is 179 Å². The fourth-order valence-electron chi connectivity index (χ4n) is 6.62. The van der Waals surface area contributed by atoms with E-state index in [2.05, 4.69) is 12.2 Å². The standard InChI is InChI=1S/C42H65NO13/c1-7-8-9-10-11-12-13-14-15-16-17-18-19-20-21-22-37(48)43-35(41(49)50-6)27-33-23-25-34(26-24-33)55-42-40(54-32(5)47)39(53-31(4)46)38(52-30(3)45)36(56-42)28-51-29(2)44/h23-26,35-36,38-40,42H,7-22,27-28H2,1-6H3,(H,43,48)/t35-,36+,38+,39-,40+,42+/m0/s1. The summed E-state index contributed by atoms with van der Waals surface area (Å²) < 4.78 is 38.4. The van der Waals surface area contributed by atoms with Crippen LogP contribution >= 0.6 is 0 Å². The van der Waals surface area contributed by atoms with Crippen molar-refractivity contribution in [3.63, 3.8) is 0 Å². The molecule has 6 atom stereocenters. The highest BCUT2D eigenvalue weighted by molar-refractivity contribution is 5.84. The number of carbonyl (C=O) groups excluding carboxylic acids is 6. The lowest BCUT2D eigenvalue weighted by molar-refractivity contribution is -0.288. The lowest BCUT2D eigenvalue weighted by Crippen LogP contribution is -2.63. The van der Waals surface area contributed by atoms with Crippen molar-refractivity contribution in [2.45, 2.75) is 181 Å². The van der Waals surface area contributed by atoms with Crippen LogP contribution in [-0.4, -0.2) is 86.2 Å². The van der Waals surface area contributed by atoms with E-state index in [1.54, 1.807) is 24.3 Å². The summed E-state index contributed by atoms with van der Waals surface area (Å²) in [5.41, 5.74) is 0.682. The molecule has 2 rings (SSSR count). The summed E-state index contributed by atoms with van der Waals surface area (Å²) in [6, 6.07) is 5.61. The van der Waals surface area contributed by atoms with Gasteiger partial charge in [0.25, 0.3) is 0 Å². The highest BCUT2D eigenvalue weighted by Gasteiger charge is 2.53. The quantitative estimate of drug-likeness (QED) is 0.0572. The van der Waals surface area contributed by atoms with E-state index in [9.17, 15) is 28.8 Å². The van der Waals surface area contributed by atoms with E-state index >= 15 is 0 Å². The Labute approximate surface area is 332 Å². The largest absolute Gasteiger partial charge is 0.467 e. The molecule has 0 bridgehead atoms. The minimum Gasteiger partial charge on any atom is -0.467 e. The van der Waals surface area contributed by atoms with Gasteiger partial charge in [-0.15, -0.1) is 0 Å². The summed E-state index contributed by atoms with van der Waals surface area (Å²) in [6.45, 7) is 6.44. The SMILES string of the molecule is CCCCCCCCCCCCCCCCCC(=O)N[C@@H](Cc1ccc(O[C@@H]2O[C@H](COC(C)=O)[C@@H](OC(C)=O)[C@H](OC(C)=O)[C@H]2OC(C)=O)cc1)C(=O)OC. The molecule has 0 spiro atoms. The van der Waals surface area contributed by atoms with Crippen molar-refractivity contribution in [1.29, 1.82) is 0 Å². The van der Waals surface area contributed by atoms with Crippen molar-refractivity contribution in [1.82, 2.24) is 5.32 Å². The van der Waals surface area contributed by atoms with E-state index in [1.165, 1.54) is 84.7 Å². The molecular weight excluding hydrogens is 726 g/mol. The van der Waals surface area contributed by atoms with Gasteiger partial charge in [-0.3, -0.25) is 24.0 Å². The number of esters is 5. The third kappa shape index (κ3) is 19.6. The first-order valence-corrected chi connectivity index (χ1v) is 20.3. The van der Waals surface area contributed by atoms with Gasteiger partial charge in [-0.2, -0.15) is 0 Å². The highest BCUT2D eigenvalue weighted by atomic mass is 16.7. The van der Waals surface area contributed by atoms with Gasteiger partial charge in [0.05, 0.1) is 7.11 Å². The van der Waals surface area contributed by atoms with Crippen molar-refractivity contribution in [2.75, 3.05) is 13.7 Å². The minimum atomic E-state index is -1.40. The normalized spacial score (nSPS) is 19.6. The number of methoxy groups -OCH3 is 1. The highest BCUT2D eigenvalue weighted by Crippen LogP contribution is 2.31. The Morgan fingerprint density at radius 1 is 0.643 bits per heavy atom. The van der Waals surface area contributed by atoms with Crippen molar-refractivity contribution in [3.8, 4) is 5.75 Å². The van der Waals surface area contributed by atoms with Crippen molar-refractivity contribution < 1.29 is 61.9 Å². The number of hydrogen-bond acceptors (Lipinski definition) is 13. The maximum absolute atomic E-state index is 12.8. The van der Waals surface area contributed by atoms with Gasteiger partial charge in [0.15, 0.2) is 12.2 Å². The molecule has 1 N–H and O–H groups in total. The molecule has 0 unspecified atom stereocenters. The maximum atomic E-state index is 12.8. The zero-order chi connectivity index (χ0) is 41.3. The number of unbranched alkanes of at least 4 members (excludes halogenated alkanes) is 14. The van der Waals surface area contributed by atoms with Crippen LogP contribution in [0.5, 0.6) is 5.75 Å². The molecule has 0 saturated carbocycles. The van der Waals surface area contributed by atoms with E-state index in [0.29, 0.717) is 12.0 Å². The number of amides is 1. The van der Waals surface area contributed by atoms with Crippen LogP contribution in [0.1, 0.15) is 143 Å². The molecule has 316 valence electrons. The maximum Gasteiger partial charge on any atom is 0.328 e.